The molecule has 1 aliphatic rings. The van der Waals surface area contributed by atoms with E-state index in [0.717, 1.165) is 12.1 Å². The van der Waals surface area contributed by atoms with Crippen LogP contribution in [0, 0.1) is 5.82 Å². The predicted molar refractivity (Wildman–Crippen MR) is 74.9 cm³/mol. The van der Waals surface area contributed by atoms with E-state index in [2.05, 4.69) is 24.3 Å². The molecular weight excluding hydrogens is 243 g/mol. The summed E-state index contributed by atoms with van der Waals surface area (Å²) in [7, 11) is 5.75. The zero-order valence-electron chi connectivity index (χ0n) is 12.0. The molecule has 1 aliphatic carbocycles. The van der Waals surface area contributed by atoms with Gasteiger partial charge in [-0.3, -0.25) is 0 Å². The Balaban J connectivity index is 1.87. The summed E-state index contributed by atoms with van der Waals surface area (Å²) in [6.45, 7) is 1.64. The second-order valence-electron chi connectivity index (χ2n) is 5.54. The molecule has 106 valence electrons. The molecule has 0 saturated heterocycles. The number of likely N-dealkylation sites (N-methyl/N-ethyl adjacent to an activating group) is 1. The number of rotatable bonds is 6. The molecule has 0 unspecified atom stereocenters. The first-order valence-corrected chi connectivity index (χ1v) is 6.78. The fourth-order valence-electron chi connectivity index (χ4n) is 2.63. The maximum atomic E-state index is 13.6. The molecule has 0 aromatic heterocycles. The average Bonchev–Trinajstić information content (AvgIpc) is 2.32. The van der Waals surface area contributed by atoms with Gasteiger partial charge in [0.2, 0.25) is 0 Å². The quantitative estimate of drug-likeness (QED) is 0.855. The summed E-state index contributed by atoms with van der Waals surface area (Å²) in [6, 6.07) is 5.12. The smallest absolute Gasteiger partial charge is 0.165 e. The van der Waals surface area contributed by atoms with Crippen molar-refractivity contribution in [2.45, 2.75) is 31.3 Å². The molecule has 0 bridgehead atoms. The van der Waals surface area contributed by atoms with Crippen molar-refractivity contribution in [2.75, 3.05) is 27.7 Å². The van der Waals surface area contributed by atoms with Crippen molar-refractivity contribution < 1.29 is 9.13 Å². The number of hydrogen-bond donors (Lipinski definition) is 1. The molecule has 0 atom stereocenters. The van der Waals surface area contributed by atoms with Crippen LogP contribution in [0.5, 0.6) is 5.75 Å². The van der Waals surface area contributed by atoms with Crippen LogP contribution in [-0.2, 0) is 6.54 Å². The molecule has 2 rings (SSSR count). The zero-order chi connectivity index (χ0) is 13.9. The minimum absolute atomic E-state index is 0.297. The first kappa shape index (κ1) is 14.3. The maximum absolute atomic E-state index is 13.6. The number of methoxy groups -OCH3 is 1. The lowest BCUT2D eigenvalue weighted by Gasteiger charge is -2.47. The monoisotopic (exact) mass is 266 g/mol. The van der Waals surface area contributed by atoms with Gasteiger partial charge in [0.05, 0.1) is 7.11 Å². The molecular formula is C15H23FN2O. The summed E-state index contributed by atoms with van der Waals surface area (Å²) in [5, 5.41) is 3.44. The molecule has 0 amide bonds. The molecule has 3 nitrogen and oxygen atoms in total. The van der Waals surface area contributed by atoms with E-state index in [1.807, 2.05) is 6.07 Å². The lowest BCUT2D eigenvalue weighted by Crippen LogP contribution is -2.56. The van der Waals surface area contributed by atoms with E-state index >= 15 is 0 Å². The number of nitrogens with one attached hydrogen (secondary N) is 1. The summed E-state index contributed by atoms with van der Waals surface area (Å²) >= 11 is 0. The van der Waals surface area contributed by atoms with Gasteiger partial charge in [0.1, 0.15) is 0 Å². The Morgan fingerprint density at radius 3 is 2.58 bits per heavy atom. The SMILES string of the molecule is COc1ccc(CNCC2(N(C)C)CCC2)cc1F. The van der Waals surface area contributed by atoms with Crippen molar-refractivity contribution in [3.63, 3.8) is 0 Å². The van der Waals surface area contributed by atoms with Gasteiger partial charge in [-0.05, 0) is 51.1 Å². The van der Waals surface area contributed by atoms with Crippen molar-refractivity contribution in [2.24, 2.45) is 0 Å². The van der Waals surface area contributed by atoms with E-state index in [9.17, 15) is 4.39 Å². The van der Waals surface area contributed by atoms with Crippen LogP contribution in [0.4, 0.5) is 4.39 Å². The molecule has 0 aliphatic heterocycles. The third-order valence-corrected chi connectivity index (χ3v) is 4.23. The summed E-state index contributed by atoms with van der Waals surface area (Å²) in [5.41, 5.74) is 1.25. The number of halogens is 1. The zero-order valence-corrected chi connectivity index (χ0v) is 12.0. The van der Waals surface area contributed by atoms with Crippen LogP contribution in [0.1, 0.15) is 24.8 Å². The van der Waals surface area contributed by atoms with Gasteiger partial charge < -0.3 is 15.0 Å². The van der Waals surface area contributed by atoms with Crippen molar-refractivity contribution in [3.8, 4) is 5.75 Å². The predicted octanol–water partition coefficient (Wildman–Crippen LogP) is 2.41. The van der Waals surface area contributed by atoms with Crippen LogP contribution in [0.25, 0.3) is 0 Å². The van der Waals surface area contributed by atoms with E-state index in [1.54, 1.807) is 6.07 Å². The Morgan fingerprint density at radius 2 is 2.11 bits per heavy atom. The van der Waals surface area contributed by atoms with Crippen molar-refractivity contribution >= 4 is 0 Å². The van der Waals surface area contributed by atoms with Gasteiger partial charge in [0, 0.05) is 18.6 Å². The summed E-state index contributed by atoms with van der Waals surface area (Å²) in [4.78, 5) is 2.30. The molecule has 1 aromatic rings. The van der Waals surface area contributed by atoms with Gasteiger partial charge in [-0.2, -0.15) is 0 Å². The van der Waals surface area contributed by atoms with Gasteiger partial charge in [-0.1, -0.05) is 6.07 Å². The summed E-state index contributed by atoms with van der Waals surface area (Å²) < 4.78 is 18.5. The average molecular weight is 266 g/mol. The molecule has 0 spiro atoms. The molecule has 1 fully saturated rings. The molecule has 1 N–H and O–H groups in total. The number of hydrogen-bond acceptors (Lipinski definition) is 3. The van der Waals surface area contributed by atoms with Gasteiger partial charge >= 0.3 is 0 Å². The number of nitrogens with zero attached hydrogens (tertiary/aromatic N) is 1. The van der Waals surface area contributed by atoms with E-state index in [1.165, 1.54) is 32.4 Å². The maximum Gasteiger partial charge on any atom is 0.165 e. The number of benzene rings is 1. The van der Waals surface area contributed by atoms with Crippen molar-refractivity contribution in [1.82, 2.24) is 10.2 Å². The molecule has 4 heteroatoms. The van der Waals surface area contributed by atoms with Crippen LogP contribution < -0.4 is 10.1 Å². The van der Waals surface area contributed by atoms with Crippen LogP contribution in [0.3, 0.4) is 0 Å². The molecule has 1 aromatic carbocycles. The Morgan fingerprint density at radius 1 is 1.37 bits per heavy atom. The van der Waals surface area contributed by atoms with E-state index in [-0.39, 0.29) is 5.82 Å². The van der Waals surface area contributed by atoms with E-state index in [0.29, 0.717) is 17.8 Å². The molecule has 19 heavy (non-hydrogen) atoms. The molecule has 1 saturated carbocycles. The highest BCUT2D eigenvalue weighted by Gasteiger charge is 2.38. The lowest BCUT2D eigenvalue weighted by molar-refractivity contribution is 0.0598. The second-order valence-corrected chi connectivity index (χ2v) is 5.54. The fourth-order valence-corrected chi connectivity index (χ4v) is 2.63. The van der Waals surface area contributed by atoms with Gasteiger partial charge in [-0.25, -0.2) is 4.39 Å². The van der Waals surface area contributed by atoms with Crippen LogP contribution >= 0.6 is 0 Å². The van der Waals surface area contributed by atoms with E-state index < -0.39 is 0 Å². The van der Waals surface area contributed by atoms with Gasteiger partial charge in [0.25, 0.3) is 0 Å². The highest BCUT2D eigenvalue weighted by molar-refractivity contribution is 5.29. The third-order valence-electron chi connectivity index (χ3n) is 4.23. The highest BCUT2D eigenvalue weighted by atomic mass is 19.1. The first-order valence-electron chi connectivity index (χ1n) is 6.78. The Bertz CT molecular complexity index is 430. The Hall–Kier alpha value is -1.13. The standard InChI is InChI=1S/C15H23FN2O/c1-18(2)15(7-4-8-15)11-17-10-12-5-6-14(19-3)13(16)9-12/h5-6,9,17H,4,7-8,10-11H2,1-3H3. The molecule has 0 radical (unpaired) electrons. The Kier molecular flexibility index (Phi) is 4.42. The van der Waals surface area contributed by atoms with E-state index in [4.69, 9.17) is 4.74 Å². The topological polar surface area (TPSA) is 24.5 Å². The van der Waals surface area contributed by atoms with Crippen LogP contribution in [0.15, 0.2) is 18.2 Å². The third kappa shape index (κ3) is 3.07. The van der Waals surface area contributed by atoms with Crippen molar-refractivity contribution in [1.29, 1.82) is 0 Å². The normalized spacial score (nSPS) is 17.3. The minimum atomic E-state index is -0.298. The minimum Gasteiger partial charge on any atom is -0.494 e. The Labute approximate surface area is 114 Å². The first-order chi connectivity index (χ1) is 9.07. The lowest BCUT2D eigenvalue weighted by atomic mass is 9.75. The van der Waals surface area contributed by atoms with Crippen LogP contribution in [-0.4, -0.2) is 38.2 Å². The largest absolute Gasteiger partial charge is 0.494 e. The van der Waals surface area contributed by atoms with Gasteiger partial charge in [0.15, 0.2) is 11.6 Å². The second kappa shape index (κ2) is 5.88. The van der Waals surface area contributed by atoms with Crippen molar-refractivity contribution in [3.05, 3.63) is 29.6 Å². The summed E-state index contributed by atoms with van der Waals surface area (Å²) in [6.07, 6.45) is 3.78. The number of ether oxygens (including phenoxy) is 1. The molecule has 0 heterocycles. The summed E-state index contributed by atoms with van der Waals surface area (Å²) in [5.74, 6) is 0.000252. The fraction of sp³-hybridized carbons (Fsp3) is 0.600. The highest BCUT2D eigenvalue weighted by Crippen LogP contribution is 2.35. The van der Waals surface area contributed by atoms with Crippen LogP contribution in [0.2, 0.25) is 0 Å². The van der Waals surface area contributed by atoms with Gasteiger partial charge in [-0.15, -0.1) is 0 Å².